The number of carbonyl (C=O) groups excluding carboxylic acids is 2. The van der Waals surface area contributed by atoms with Gasteiger partial charge in [0.15, 0.2) is 0 Å². The summed E-state index contributed by atoms with van der Waals surface area (Å²) >= 11 is 1.57. The van der Waals surface area contributed by atoms with Crippen LogP contribution < -0.4 is 0 Å². The molecular formula is C13H9NO2S. The minimum absolute atomic E-state index is 0.216. The van der Waals surface area contributed by atoms with Crippen molar-refractivity contribution in [3.63, 3.8) is 0 Å². The average Bonchev–Trinajstić information content (AvgIpc) is 2.94. The van der Waals surface area contributed by atoms with Crippen molar-refractivity contribution in [3.8, 4) is 11.1 Å². The van der Waals surface area contributed by atoms with E-state index in [0.717, 1.165) is 11.1 Å². The number of amides is 2. The summed E-state index contributed by atoms with van der Waals surface area (Å²) in [6, 6.07) is 7.35. The maximum absolute atomic E-state index is 12.0. The summed E-state index contributed by atoms with van der Waals surface area (Å²) in [6.07, 6.45) is 0. The van der Waals surface area contributed by atoms with E-state index in [0.29, 0.717) is 11.1 Å². The number of nitrogens with zero attached hydrogens (tertiary/aromatic N) is 1. The van der Waals surface area contributed by atoms with Crippen LogP contribution in [0.3, 0.4) is 0 Å². The molecule has 0 N–H and O–H groups in total. The predicted molar refractivity (Wildman–Crippen MR) is 66.2 cm³/mol. The van der Waals surface area contributed by atoms with E-state index in [1.807, 2.05) is 29.0 Å². The molecule has 4 heteroatoms. The van der Waals surface area contributed by atoms with Gasteiger partial charge in [0, 0.05) is 7.05 Å². The lowest BCUT2D eigenvalue weighted by molar-refractivity contribution is 0.0693. The number of hydrogen-bond donors (Lipinski definition) is 0. The highest BCUT2D eigenvalue weighted by atomic mass is 32.1. The van der Waals surface area contributed by atoms with Gasteiger partial charge in [-0.3, -0.25) is 14.5 Å². The van der Waals surface area contributed by atoms with Crippen molar-refractivity contribution in [1.82, 2.24) is 4.90 Å². The van der Waals surface area contributed by atoms with Crippen molar-refractivity contribution < 1.29 is 9.59 Å². The van der Waals surface area contributed by atoms with Crippen molar-refractivity contribution >= 4 is 23.2 Å². The molecule has 2 heterocycles. The lowest BCUT2D eigenvalue weighted by atomic mass is 9.99. The van der Waals surface area contributed by atoms with E-state index in [9.17, 15) is 9.59 Å². The van der Waals surface area contributed by atoms with Gasteiger partial charge in [0.1, 0.15) is 0 Å². The third-order valence-electron chi connectivity index (χ3n) is 2.95. The first-order chi connectivity index (χ1) is 8.20. The van der Waals surface area contributed by atoms with Gasteiger partial charge in [0.25, 0.3) is 11.8 Å². The molecular weight excluding hydrogens is 234 g/mol. The molecule has 1 aliphatic heterocycles. The summed E-state index contributed by atoms with van der Waals surface area (Å²) in [4.78, 5) is 25.0. The van der Waals surface area contributed by atoms with E-state index < -0.39 is 0 Å². The SMILES string of the molecule is CN1C(=O)c2cccc(-c3ccsc3)c2C1=O. The largest absolute Gasteiger partial charge is 0.277 e. The van der Waals surface area contributed by atoms with Crippen LogP contribution in [-0.4, -0.2) is 23.8 Å². The van der Waals surface area contributed by atoms with Gasteiger partial charge in [-0.1, -0.05) is 12.1 Å². The van der Waals surface area contributed by atoms with Crippen LogP contribution in [0.1, 0.15) is 20.7 Å². The van der Waals surface area contributed by atoms with Gasteiger partial charge in [-0.15, -0.1) is 0 Å². The molecule has 3 nitrogen and oxygen atoms in total. The van der Waals surface area contributed by atoms with Crippen LogP contribution in [0.25, 0.3) is 11.1 Å². The molecule has 1 aromatic heterocycles. The molecule has 0 saturated carbocycles. The Balaban J connectivity index is 2.29. The van der Waals surface area contributed by atoms with Crippen LogP contribution in [0.4, 0.5) is 0 Å². The van der Waals surface area contributed by atoms with Crippen LogP contribution in [0.2, 0.25) is 0 Å². The third kappa shape index (κ3) is 1.34. The predicted octanol–water partition coefficient (Wildman–Crippen LogP) is 2.64. The maximum atomic E-state index is 12.0. The summed E-state index contributed by atoms with van der Waals surface area (Å²) in [7, 11) is 1.52. The van der Waals surface area contributed by atoms with Crippen molar-refractivity contribution in [2.45, 2.75) is 0 Å². The van der Waals surface area contributed by atoms with Crippen molar-refractivity contribution in [2.24, 2.45) is 0 Å². The molecule has 0 radical (unpaired) electrons. The van der Waals surface area contributed by atoms with Gasteiger partial charge in [-0.05, 0) is 34.0 Å². The molecule has 17 heavy (non-hydrogen) atoms. The molecule has 0 atom stereocenters. The fourth-order valence-corrected chi connectivity index (χ4v) is 2.72. The quantitative estimate of drug-likeness (QED) is 0.722. The second-order valence-electron chi connectivity index (χ2n) is 3.91. The van der Waals surface area contributed by atoms with Gasteiger partial charge >= 0.3 is 0 Å². The molecule has 2 aromatic rings. The third-order valence-corrected chi connectivity index (χ3v) is 3.63. The van der Waals surface area contributed by atoms with E-state index >= 15 is 0 Å². The van der Waals surface area contributed by atoms with Crippen LogP contribution >= 0.6 is 11.3 Å². The number of carbonyl (C=O) groups is 2. The Morgan fingerprint density at radius 2 is 1.82 bits per heavy atom. The van der Waals surface area contributed by atoms with Crippen LogP contribution in [0, 0.1) is 0 Å². The Bertz CT molecular complexity index is 616. The highest BCUT2D eigenvalue weighted by Crippen LogP contribution is 2.32. The number of fused-ring (bicyclic) bond motifs is 1. The highest BCUT2D eigenvalue weighted by molar-refractivity contribution is 7.08. The first kappa shape index (κ1) is 10.2. The Morgan fingerprint density at radius 1 is 1.06 bits per heavy atom. The highest BCUT2D eigenvalue weighted by Gasteiger charge is 2.34. The Morgan fingerprint density at radius 3 is 2.53 bits per heavy atom. The van der Waals surface area contributed by atoms with E-state index in [1.54, 1.807) is 17.4 Å². The molecule has 0 bridgehead atoms. The maximum Gasteiger partial charge on any atom is 0.261 e. The molecule has 0 spiro atoms. The normalized spacial score (nSPS) is 14.3. The van der Waals surface area contributed by atoms with Crippen LogP contribution in [0.15, 0.2) is 35.0 Å². The lowest BCUT2D eigenvalue weighted by Crippen LogP contribution is -2.24. The zero-order valence-electron chi connectivity index (χ0n) is 9.14. The number of rotatable bonds is 1. The first-order valence-electron chi connectivity index (χ1n) is 5.18. The van der Waals surface area contributed by atoms with Crippen molar-refractivity contribution in [2.75, 3.05) is 7.05 Å². The molecule has 3 rings (SSSR count). The van der Waals surface area contributed by atoms with Gasteiger partial charge in [-0.2, -0.15) is 11.3 Å². The van der Waals surface area contributed by atoms with Gasteiger partial charge in [-0.25, -0.2) is 0 Å². The molecule has 0 unspecified atom stereocenters. The zero-order chi connectivity index (χ0) is 12.0. The number of thiophene rings is 1. The van der Waals surface area contributed by atoms with Crippen LogP contribution in [0.5, 0.6) is 0 Å². The molecule has 0 aliphatic carbocycles. The van der Waals surface area contributed by atoms with Gasteiger partial charge < -0.3 is 0 Å². The zero-order valence-corrected chi connectivity index (χ0v) is 9.95. The van der Waals surface area contributed by atoms with Gasteiger partial charge in [0.05, 0.1) is 11.1 Å². The summed E-state index contributed by atoms with van der Waals surface area (Å²) in [5.41, 5.74) is 2.86. The molecule has 1 aliphatic rings. The first-order valence-corrected chi connectivity index (χ1v) is 6.12. The number of imide groups is 1. The average molecular weight is 243 g/mol. The summed E-state index contributed by atoms with van der Waals surface area (Å²) < 4.78 is 0. The summed E-state index contributed by atoms with van der Waals surface area (Å²) in [5.74, 6) is -0.436. The minimum atomic E-state index is -0.220. The second-order valence-corrected chi connectivity index (χ2v) is 4.69. The monoisotopic (exact) mass is 243 g/mol. The Hall–Kier alpha value is -1.94. The minimum Gasteiger partial charge on any atom is -0.277 e. The summed E-state index contributed by atoms with van der Waals surface area (Å²) in [5, 5.41) is 3.94. The fraction of sp³-hybridized carbons (Fsp3) is 0.0769. The summed E-state index contributed by atoms with van der Waals surface area (Å²) in [6.45, 7) is 0. The topological polar surface area (TPSA) is 37.4 Å². The number of benzene rings is 1. The van der Waals surface area contributed by atoms with Crippen molar-refractivity contribution in [1.29, 1.82) is 0 Å². The van der Waals surface area contributed by atoms with E-state index in [2.05, 4.69) is 0 Å². The van der Waals surface area contributed by atoms with Crippen LogP contribution in [-0.2, 0) is 0 Å². The smallest absolute Gasteiger partial charge is 0.261 e. The standard InChI is InChI=1S/C13H9NO2S/c1-14-12(15)10-4-2-3-9(11(10)13(14)16)8-5-6-17-7-8/h2-7H,1H3. The molecule has 0 fully saturated rings. The van der Waals surface area contributed by atoms with Crippen molar-refractivity contribution in [3.05, 3.63) is 46.2 Å². The molecule has 1 aromatic carbocycles. The molecule has 2 amide bonds. The number of hydrogen-bond acceptors (Lipinski definition) is 3. The van der Waals surface area contributed by atoms with E-state index in [1.165, 1.54) is 11.9 Å². The molecule has 0 saturated heterocycles. The molecule has 84 valence electrons. The Labute approximate surface area is 102 Å². The van der Waals surface area contributed by atoms with Gasteiger partial charge in [0.2, 0.25) is 0 Å². The second kappa shape index (κ2) is 3.53. The Kier molecular flexibility index (Phi) is 2.12. The fourth-order valence-electron chi connectivity index (χ4n) is 2.06. The van der Waals surface area contributed by atoms with E-state index in [4.69, 9.17) is 0 Å². The lowest BCUT2D eigenvalue weighted by Gasteiger charge is -2.05. The van der Waals surface area contributed by atoms with E-state index in [-0.39, 0.29) is 11.8 Å².